The third-order valence-corrected chi connectivity index (χ3v) is 4.46. The van der Waals surface area contributed by atoms with Gasteiger partial charge in [0.15, 0.2) is 0 Å². The minimum atomic E-state index is -0.444. The van der Waals surface area contributed by atoms with Crippen LogP contribution in [0, 0.1) is 11.8 Å². The van der Waals surface area contributed by atoms with Crippen LogP contribution in [0.1, 0.15) is 43.0 Å². The molecule has 2 atom stereocenters. The van der Waals surface area contributed by atoms with Crippen LogP contribution in [0.4, 0.5) is 5.69 Å². The summed E-state index contributed by atoms with van der Waals surface area (Å²) in [6, 6.07) is 6.55. The maximum atomic E-state index is 12.5. The van der Waals surface area contributed by atoms with E-state index in [4.69, 9.17) is 4.74 Å². The summed E-state index contributed by atoms with van der Waals surface area (Å²) in [5.74, 6) is -1.08. The van der Waals surface area contributed by atoms with E-state index in [1.54, 1.807) is 31.2 Å². The Hall–Kier alpha value is -2.17. The summed E-state index contributed by atoms with van der Waals surface area (Å²) in [4.78, 5) is 38.2. The normalized spacial score (nSPS) is 24.3. The zero-order valence-electron chi connectivity index (χ0n) is 12.6. The zero-order valence-corrected chi connectivity index (χ0v) is 12.6. The predicted octanol–water partition coefficient (Wildman–Crippen LogP) is 2.54. The summed E-state index contributed by atoms with van der Waals surface area (Å²) in [5, 5.41) is 0. The van der Waals surface area contributed by atoms with E-state index in [1.165, 1.54) is 4.90 Å². The second kappa shape index (κ2) is 5.91. The van der Waals surface area contributed by atoms with Gasteiger partial charge in [0.05, 0.1) is 29.7 Å². The van der Waals surface area contributed by atoms with Gasteiger partial charge in [0.1, 0.15) is 0 Å². The Morgan fingerprint density at radius 3 is 2.41 bits per heavy atom. The molecule has 0 bridgehead atoms. The highest BCUT2D eigenvalue weighted by molar-refractivity contribution is 6.22. The summed E-state index contributed by atoms with van der Waals surface area (Å²) in [5.41, 5.74) is 0.824. The van der Waals surface area contributed by atoms with Gasteiger partial charge in [-0.05, 0) is 38.0 Å². The van der Waals surface area contributed by atoms with Gasteiger partial charge >= 0.3 is 5.97 Å². The molecular weight excluding hydrogens is 282 g/mol. The summed E-state index contributed by atoms with van der Waals surface area (Å²) >= 11 is 0. The fourth-order valence-electron chi connectivity index (χ4n) is 3.40. The first-order valence-electron chi connectivity index (χ1n) is 7.78. The average Bonchev–Trinajstić information content (AvgIpc) is 2.80. The molecule has 116 valence electrons. The van der Waals surface area contributed by atoms with Crippen LogP contribution < -0.4 is 4.90 Å². The number of carbonyl (C=O) groups is 3. The number of rotatable bonds is 3. The molecule has 1 saturated heterocycles. The fraction of sp³-hybridized carbons (Fsp3) is 0.471. The zero-order chi connectivity index (χ0) is 15.7. The Kier molecular flexibility index (Phi) is 3.96. The molecule has 2 fully saturated rings. The molecule has 0 radical (unpaired) electrons. The number of amides is 2. The van der Waals surface area contributed by atoms with E-state index >= 15 is 0 Å². The van der Waals surface area contributed by atoms with Crippen LogP contribution in [-0.2, 0) is 14.3 Å². The van der Waals surface area contributed by atoms with Crippen molar-refractivity contribution in [2.24, 2.45) is 11.8 Å². The molecule has 22 heavy (non-hydrogen) atoms. The van der Waals surface area contributed by atoms with Crippen molar-refractivity contribution < 1.29 is 19.1 Å². The Bertz CT molecular complexity index is 601. The number of hydrogen-bond donors (Lipinski definition) is 0. The van der Waals surface area contributed by atoms with Gasteiger partial charge < -0.3 is 4.74 Å². The van der Waals surface area contributed by atoms with E-state index in [0.29, 0.717) is 11.3 Å². The lowest BCUT2D eigenvalue weighted by Crippen LogP contribution is -2.31. The molecule has 1 heterocycles. The number of ether oxygens (including phenoxy) is 1. The van der Waals surface area contributed by atoms with E-state index in [1.807, 2.05) is 0 Å². The van der Waals surface area contributed by atoms with Crippen molar-refractivity contribution >= 4 is 23.5 Å². The third kappa shape index (κ3) is 2.40. The van der Waals surface area contributed by atoms with Gasteiger partial charge in [-0.1, -0.05) is 18.9 Å². The Labute approximate surface area is 129 Å². The fourth-order valence-corrected chi connectivity index (χ4v) is 3.40. The maximum Gasteiger partial charge on any atom is 0.338 e. The molecule has 5 heteroatoms. The van der Waals surface area contributed by atoms with Crippen LogP contribution in [-0.4, -0.2) is 24.4 Å². The average molecular weight is 301 g/mol. The molecule has 1 aromatic carbocycles. The van der Waals surface area contributed by atoms with Crippen LogP contribution in [0.5, 0.6) is 0 Å². The van der Waals surface area contributed by atoms with Crippen molar-refractivity contribution in [2.45, 2.75) is 32.6 Å². The molecule has 5 nitrogen and oxygen atoms in total. The lowest BCUT2D eigenvalue weighted by molar-refractivity contribution is -0.122. The van der Waals surface area contributed by atoms with Gasteiger partial charge in [-0.25, -0.2) is 4.79 Å². The molecule has 0 spiro atoms. The van der Waals surface area contributed by atoms with Gasteiger partial charge in [0.2, 0.25) is 11.8 Å². The summed E-state index contributed by atoms with van der Waals surface area (Å²) in [7, 11) is 0. The smallest absolute Gasteiger partial charge is 0.338 e. The second-order valence-electron chi connectivity index (χ2n) is 5.78. The molecule has 0 N–H and O–H groups in total. The predicted molar refractivity (Wildman–Crippen MR) is 80.3 cm³/mol. The molecule has 2 amide bonds. The number of esters is 1. The number of hydrogen-bond acceptors (Lipinski definition) is 4. The van der Waals surface area contributed by atoms with Crippen LogP contribution in [0.25, 0.3) is 0 Å². The highest BCUT2D eigenvalue weighted by atomic mass is 16.5. The number of benzene rings is 1. The molecular formula is C17H19NO4. The topological polar surface area (TPSA) is 63.7 Å². The number of nitrogens with zero attached hydrogens (tertiary/aromatic N) is 1. The van der Waals surface area contributed by atoms with E-state index in [9.17, 15) is 14.4 Å². The molecule has 2 aliphatic rings. The first kappa shape index (κ1) is 14.8. The lowest BCUT2D eigenvalue weighted by Gasteiger charge is -2.19. The summed E-state index contributed by atoms with van der Waals surface area (Å²) < 4.78 is 4.97. The molecule has 3 rings (SSSR count). The highest BCUT2D eigenvalue weighted by Crippen LogP contribution is 2.40. The van der Waals surface area contributed by atoms with Crippen molar-refractivity contribution in [3.8, 4) is 0 Å². The molecule has 1 aliphatic carbocycles. The standard InChI is InChI=1S/C17H19NO4/c1-2-22-17(21)11-6-5-7-12(10-11)18-15(19)13-8-3-4-9-14(13)16(18)20/h5-7,10,13-14H,2-4,8-9H2,1H3. The highest BCUT2D eigenvalue weighted by Gasteiger charge is 2.48. The number of anilines is 1. The summed E-state index contributed by atoms with van der Waals surface area (Å²) in [6.45, 7) is 2.02. The van der Waals surface area contributed by atoms with E-state index in [2.05, 4.69) is 0 Å². The van der Waals surface area contributed by atoms with Crippen LogP contribution in [0.3, 0.4) is 0 Å². The van der Waals surface area contributed by atoms with Crippen LogP contribution in [0.2, 0.25) is 0 Å². The first-order valence-corrected chi connectivity index (χ1v) is 7.78. The minimum absolute atomic E-state index is 0.129. The van der Waals surface area contributed by atoms with Crippen molar-refractivity contribution in [1.82, 2.24) is 0 Å². The molecule has 1 saturated carbocycles. The number of imide groups is 1. The van der Waals surface area contributed by atoms with Crippen molar-refractivity contribution in [2.75, 3.05) is 11.5 Å². The largest absolute Gasteiger partial charge is 0.462 e. The third-order valence-electron chi connectivity index (χ3n) is 4.46. The monoisotopic (exact) mass is 301 g/mol. The van der Waals surface area contributed by atoms with Gasteiger partial charge in [-0.3, -0.25) is 14.5 Å². The minimum Gasteiger partial charge on any atom is -0.462 e. The SMILES string of the molecule is CCOC(=O)c1cccc(N2C(=O)C3CCCCC3C2=O)c1. The molecule has 1 aromatic rings. The van der Waals surface area contributed by atoms with Crippen molar-refractivity contribution in [1.29, 1.82) is 0 Å². The maximum absolute atomic E-state index is 12.5. The Balaban J connectivity index is 1.90. The molecule has 1 aliphatic heterocycles. The van der Waals surface area contributed by atoms with E-state index < -0.39 is 5.97 Å². The second-order valence-corrected chi connectivity index (χ2v) is 5.78. The van der Waals surface area contributed by atoms with Gasteiger partial charge in [-0.2, -0.15) is 0 Å². The summed E-state index contributed by atoms with van der Waals surface area (Å²) in [6.07, 6.45) is 3.56. The Morgan fingerprint density at radius 1 is 1.18 bits per heavy atom. The number of carbonyl (C=O) groups excluding carboxylic acids is 3. The lowest BCUT2D eigenvalue weighted by atomic mass is 9.81. The van der Waals surface area contributed by atoms with Crippen LogP contribution >= 0.6 is 0 Å². The Morgan fingerprint density at radius 2 is 1.82 bits per heavy atom. The van der Waals surface area contributed by atoms with Crippen molar-refractivity contribution in [3.05, 3.63) is 29.8 Å². The van der Waals surface area contributed by atoms with E-state index in [-0.39, 0.29) is 30.3 Å². The van der Waals surface area contributed by atoms with E-state index in [0.717, 1.165) is 25.7 Å². The van der Waals surface area contributed by atoms with Crippen LogP contribution in [0.15, 0.2) is 24.3 Å². The number of fused-ring (bicyclic) bond motifs is 1. The molecule has 0 aromatic heterocycles. The first-order chi connectivity index (χ1) is 10.6. The van der Waals surface area contributed by atoms with Gasteiger partial charge in [0.25, 0.3) is 0 Å². The van der Waals surface area contributed by atoms with Gasteiger partial charge in [-0.15, -0.1) is 0 Å². The quantitative estimate of drug-likeness (QED) is 0.636. The van der Waals surface area contributed by atoms with Gasteiger partial charge in [0, 0.05) is 0 Å². The molecule has 2 unspecified atom stereocenters. The van der Waals surface area contributed by atoms with Crippen molar-refractivity contribution in [3.63, 3.8) is 0 Å².